The Hall–Kier alpha value is -7.01. The van der Waals surface area contributed by atoms with Crippen LogP contribution in [0.15, 0.2) is 48.8 Å². The molecule has 7 amide bonds. The summed E-state index contributed by atoms with van der Waals surface area (Å²) < 4.78 is 25.0. The van der Waals surface area contributed by atoms with Crippen LogP contribution in [0.25, 0.3) is 0 Å². The molecule has 36 nitrogen and oxygen atoms in total. The second kappa shape index (κ2) is 53.1. The number of carboxylic acids is 1. The number of carbonyl (C=O) groups excluding carboxylic acids is 9. The molecule has 0 bridgehead atoms. The van der Waals surface area contributed by atoms with Gasteiger partial charge in [0.1, 0.15) is 18.9 Å². The van der Waals surface area contributed by atoms with Gasteiger partial charge in [0.25, 0.3) is 17.7 Å². The zero-order chi connectivity index (χ0) is 89.7. The van der Waals surface area contributed by atoms with Crippen LogP contribution >= 0.6 is 7.37 Å². The van der Waals surface area contributed by atoms with Crippen molar-refractivity contribution in [3.05, 3.63) is 65.7 Å². The number of hydrogen-bond donors (Lipinski definition) is 4. The molecule has 7 fully saturated rings. The lowest BCUT2D eigenvalue weighted by molar-refractivity contribution is -0.221. The summed E-state index contributed by atoms with van der Waals surface area (Å²) in [6, 6.07) is 9.98. The molecular formula is C81H140FN14O22P. The maximum absolute atomic E-state index is 13.0. The summed E-state index contributed by atoms with van der Waals surface area (Å²) in [7, 11) is 17.3. The summed E-state index contributed by atoms with van der Waals surface area (Å²) in [6.45, 7) is 24.0. The van der Waals surface area contributed by atoms with E-state index in [1.54, 1.807) is 16.0 Å². The second-order valence-corrected chi connectivity index (χ2v) is 35.9. The summed E-state index contributed by atoms with van der Waals surface area (Å²) in [5.41, 5.74) is 0.248. The average molecular weight is 1710 g/mol. The first-order chi connectivity index (χ1) is 55.7. The van der Waals surface area contributed by atoms with Gasteiger partial charge < -0.3 is 44.7 Å². The highest BCUT2D eigenvalue weighted by Crippen LogP contribution is 2.54. The number of hydrogen-bond acceptors (Lipinski definition) is 27. The number of benzene rings is 1. The number of ketones is 2. The average Bonchev–Trinajstić information content (AvgIpc) is 1.60. The molecule has 9 rings (SSSR count). The number of aliphatic hydroxyl groups is 2. The fourth-order valence-electron chi connectivity index (χ4n) is 12.8. The molecule has 38 heteroatoms. The van der Waals surface area contributed by atoms with E-state index in [1.165, 1.54) is 71.9 Å². The van der Waals surface area contributed by atoms with Crippen molar-refractivity contribution in [3.8, 4) is 0 Å². The molecule has 7 aliphatic heterocycles. The Kier molecular flexibility index (Phi) is 47.4. The van der Waals surface area contributed by atoms with Crippen LogP contribution in [0, 0.1) is 28.5 Å². The summed E-state index contributed by atoms with van der Waals surface area (Å²) in [4.78, 5) is 178. The van der Waals surface area contributed by atoms with Gasteiger partial charge in [-0.1, -0.05) is 52.8 Å². The predicted octanol–water partition coefficient (Wildman–Crippen LogP) is 4.71. The first kappa shape index (κ1) is 106. The monoisotopic (exact) mass is 1710 g/mol. The fourth-order valence-corrected chi connectivity index (χ4v) is 14.1. The Morgan fingerprint density at radius 1 is 0.588 bits per heavy atom. The van der Waals surface area contributed by atoms with Crippen LogP contribution < -0.4 is 0 Å². The minimum atomic E-state index is -3.42. The largest absolute Gasteiger partial charge is 0.481 e. The van der Waals surface area contributed by atoms with Crippen molar-refractivity contribution in [1.29, 1.82) is 0 Å². The molecule has 0 aliphatic carbocycles. The van der Waals surface area contributed by atoms with Gasteiger partial charge in [-0.3, -0.25) is 96.3 Å². The van der Waals surface area contributed by atoms with E-state index in [1.807, 2.05) is 146 Å². The van der Waals surface area contributed by atoms with Gasteiger partial charge in [-0.05, 0) is 186 Å². The first-order valence-corrected chi connectivity index (χ1v) is 43.0. The zero-order valence-electron chi connectivity index (χ0n) is 74.2. The summed E-state index contributed by atoms with van der Waals surface area (Å²) in [5, 5.41) is 37.2. The van der Waals surface area contributed by atoms with Gasteiger partial charge in [0.15, 0.2) is 11.6 Å². The lowest BCUT2D eigenvalue weighted by Crippen LogP contribution is -2.50. The highest BCUT2D eigenvalue weighted by atomic mass is 31.2. The van der Waals surface area contributed by atoms with Crippen molar-refractivity contribution < 1.29 is 111 Å². The molecule has 1 aromatic heterocycles. The molecule has 678 valence electrons. The number of aromatic nitrogens is 1. The molecule has 9 unspecified atom stereocenters. The Bertz CT molecular complexity index is 3470. The summed E-state index contributed by atoms with van der Waals surface area (Å²) in [6.07, 6.45) is 9.46. The minimum Gasteiger partial charge on any atom is -0.481 e. The molecule has 0 saturated carbocycles. The van der Waals surface area contributed by atoms with E-state index in [2.05, 4.69) is 29.9 Å². The Balaban J connectivity index is 0.000000360. The van der Waals surface area contributed by atoms with Gasteiger partial charge in [-0.2, -0.15) is 0 Å². The molecule has 7 saturated heterocycles. The number of aliphatic carboxylic acids is 1. The highest BCUT2D eigenvalue weighted by molar-refractivity contribution is 7.57. The predicted molar refractivity (Wildman–Crippen MR) is 441 cm³/mol. The van der Waals surface area contributed by atoms with Gasteiger partial charge in [-0.15, -0.1) is 0 Å². The Morgan fingerprint density at radius 3 is 1.53 bits per heavy atom. The van der Waals surface area contributed by atoms with Crippen LogP contribution in [-0.2, 0) is 86.4 Å². The van der Waals surface area contributed by atoms with E-state index in [-0.39, 0.29) is 127 Å². The van der Waals surface area contributed by atoms with Crippen molar-refractivity contribution >= 4 is 66.3 Å². The van der Waals surface area contributed by atoms with E-state index in [0.29, 0.717) is 123 Å². The van der Waals surface area contributed by atoms with Crippen LogP contribution in [0.3, 0.4) is 0 Å². The number of halogens is 1. The van der Waals surface area contributed by atoms with Crippen molar-refractivity contribution in [2.24, 2.45) is 22.7 Å². The number of carboxylic acid groups (broad SMARTS) is 1. The number of nitrogens with zero attached hydrogens (tertiary/aromatic N) is 14. The number of hydroxylamine groups is 14. The number of β-amino-alcohol motifs (C(OH)–C–C–N with tert-alkyl or cyclic N) is 2. The van der Waals surface area contributed by atoms with Crippen LogP contribution in [0.1, 0.15) is 155 Å². The molecule has 4 N–H and O–H groups in total. The van der Waals surface area contributed by atoms with Crippen LogP contribution in [-0.4, -0.2) is 376 Å². The van der Waals surface area contributed by atoms with E-state index < -0.39 is 42.4 Å². The molecule has 0 radical (unpaired) electrons. The van der Waals surface area contributed by atoms with E-state index in [4.69, 9.17) is 39.0 Å². The standard InChI is InChI=1S/C14H19FNO4P.C14H21N3O2.C12H22N2O4.C11H22N2O3.2C10H18N2O3.C10H20N2O3/c1-21(18,19)13(11-4-6-12(15)7-5-11)8-9-16-14(17)3-2-10-20-16;1-3-16(2)13(12-5-4-8-15-11-12)6-9-17-14(18)7-10-19-17;1-13(2)10(5-6-12(16)17)7-8-14-11(15)4-3-9-18-14;1-11(2)5-6-16-13(10(11)15)8-9(14)7-12(3)4;1-10(2)7-15-12(9(10)14)6-8(13)5-11(3)4;1-7-8(2)15-12(10(7)14)6-9(13)5-11(3)4;1-8-4-5-15-12(10(8)14)7-9(13)6-11(2)3/h4-7,13H,2-3,8-10H2,1H3,(H,18,19);4-5,8,11,13H,3,6-7,9-10H2,1-2H3;10H,3-9H2,1-2H3,(H,16,17);9,14H,5-8H2,1-4H3;5-7H2,1-4H3;7-8H,5-6H2,1-4H3;8-9,13H,4-7H2,1-3H3. The van der Waals surface area contributed by atoms with E-state index >= 15 is 0 Å². The molecule has 7 aliphatic rings. The van der Waals surface area contributed by atoms with E-state index in [9.17, 15) is 72.0 Å². The molecule has 119 heavy (non-hydrogen) atoms. The Labute approximate surface area is 703 Å². The number of carbonyl (C=O) groups is 10. The normalized spacial score (nSPS) is 21.1. The van der Waals surface area contributed by atoms with Gasteiger partial charge in [0, 0.05) is 81.4 Å². The molecular weight excluding hydrogens is 1570 g/mol. The smallest absolute Gasteiger partial charge is 0.303 e. The molecule has 1 aromatic carbocycles. The fraction of sp³-hybridized carbons (Fsp3) is 0.741. The molecule has 2 aromatic rings. The van der Waals surface area contributed by atoms with E-state index in [0.717, 1.165) is 38.6 Å². The van der Waals surface area contributed by atoms with Crippen LogP contribution in [0.2, 0.25) is 0 Å². The highest BCUT2D eigenvalue weighted by Gasteiger charge is 2.42. The molecule has 8 heterocycles. The number of pyridine rings is 1. The van der Waals surface area contributed by atoms with Crippen molar-refractivity contribution in [2.75, 3.05) is 202 Å². The quantitative estimate of drug-likeness (QED) is 0.0689. The maximum Gasteiger partial charge on any atom is 0.303 e. The SMILES string of the molecule is CC1CCON(CC(O)CN(C)C)C1=O.CC1ON(CC(=O)CN(C)C)C(=O)C1C.CCN(C)C(CCN1OCCC1=O)c1cccnc1.CN(C)C(CCC(=O)O)CCN1OCCCC1=O.CN(C)CC(=O)CN1OCC(C)(C)C1=O.CN(C)CC(O)CN1OCCC(C)(C)C1=O.CP(=O)(O)C(CCN1OCCCC1=O)c1ccc(F)cc1. The molecule has 0 spiro atoms. The number of likely N-dealkylation sites (N-methyl/N-ethyl adjacent to an activating group) is 4. The number of aliphatic hydroxyl groups excluding tert-OH is 2. The van der Waals surface area contributed by atoms with Gasteiger partial charge in [0.05, 0.1) is 121 Å². The maximum atomic E-state index is 13.0. The lowest BCUT2D eigenvalue weighted by atomic mass is 9.87. The third kappa shape index (κ3) is 39.8. The molecule has 9 atom stereocenters. The van der Waals surface area contributed by atoms with Crippen LogP contribution in [0.4, 0.5) is 4.39 Å². The minimum absolute atomic E-state index is 0.00491. The third-order valence-corrected chi connectivity index (χ3v) is 21.7. The zero-order valence-corrected chi connectivity index (χ0v) is 75.1. The van der Waals surface area contributed by atoms with Crippen molar-refractivity contribution in [3.63, 3.8) is 0 Å². The third-order valence-electron chi connectivity index (χ3n) is 20.0. The van der Waals surface area contributed by atoms with Crippen molar-refractivity contribution in [1.82, 2.24) is 69.8 Å². The van der Waals surface area contributed by atoms with Gasteiger partial charge in [-0.25, -0.2) is 39.8 Å². The lowest BCUT2D eigenvalue weighted by Gasteiger charge is -2.37. The van der Waals surface area contributed by atoms with Crippen molar-refractivity contribution in [2.45, 2.75) is 168 Å². The number of rotatable bonds is 34. The summed E-state index contributed by atoms with van der Waals surface area (Å²) >= 11 is 0. The Morgan fingerprint density at radius 2 is 1.08 bits per heavy atom. The number of Topliss-reactive ketones (excluding diaryl/α,β-unsaturated/α-hetero) is 2. The topological polar surface area (TPSA) is 388 Å². The second-order valence-electron chi connectivity index (χ2n) is 33.4. The number of amides is 7. The van der Waals surface area contributed by atoms with Gasteiger partial charge >= 0.3 is 5.97 Å². The first-order valence-electron chi connectivity index (χ1n) is 40.8. The summed E-state index contributed by atoms with van der Waals surface area (Å²) in [5.74, 6) is -1.66. The van der Waals surface area contributed by atoms with Crippen LogP contribution in [0.5, 0.6) is 0 Å². The van der Waals surface area contributed by atoms with Gasteiger partial charge in [0.2, 0.25) is 31.0 Å².